The molecule has 4 heteroatoms. The highest BCUT2D eigenvalue weighted by atomic mass is 16.6. The Balaban J connectivity index is 2.21. The molecule has 1 amide bonds. The Morgan fingerprint density at radius 2 is 2.07 bits per heavy atom. The number of aliphatic hydroxyl groups excluding tert-OH is 1. The first-order valence-electron chi connectivity index (χ1n) is 5.22. The topological polar surface area (TPSA) is 72.6 Å². The van der Waals surface area contributed by atoms with E-state index in [1.807, 2.05) is 6.92 Å². The second-order valence-corrected chi connectivity index (χ2v) is 4.16. The number of primary amides is 1. The molecule has 1 aliphatic carbocycles. The Labute approximate surface area is 84.4 Å². The number of hydrogen-bond acceptors (Lipinski definition) is 3. The second kappa shape index (κ2) is 5.20. The normalized spacial score (nSPS) is 29.6. The van der Waals surface area contributed by atoms with E-state index in [-0.39, 0.29) is 12.2 Å². The summed E-state index contributed by atoms with van der Waals surface area (Å²) in [6.07, 6.45) is 3.73. The van der Waals surface area contributed by atoms with E-state index < -0.39 is 6.09 Å². The lowest BCUT2D eigenvalue weighted by Gasteiger charge is -2.28. The van der Waals surface area contributed by atoms with Gasteiger partial charge in [-0.25, -0.2) is 4.79 Å². The van der Waals surface area contributed by atoms with Gasteiger partial charge in [0, 0.05) is 0 Å². The molecule has 4 nitrogen and oxygen atoms in total. The van der Waals surface area contributed by atoms with Gasteiger partial charge in [0.05, 0.1) is 6.10 Å². The van der Waals surface area contributed by atoms with Gasteiger partial charge >= 0.3 is 6.09 Å². The maximum Gasteiger partial charge on any atom is 0.404 e. The minimum atomic E-state index is -0.677. The molecule has 1 fully saturated rings. The lowest BCUT2D eigenvalue weighted by Crippen LogP contribution is -2.28. The van der Waals surface area contributed by atoms with Gasteiger partial charge in [0.25, 0.3) is 0 Å². The zero-order chi connectivity index (χ0) is 10.6. The van der Waals surface area contributed by atoms with E-state index in [0.717, 1.165) is 32.1 Å². The lowest BCUT2D eigenvalue weighted by atomic mass is 9.84. The molecular formula is C10H19NO3. The predicted molar refractivity (Wildman–Crippen MR) is 52.7 cm³/mol. The van der Waals surface area contributed by atoms with Crippen LogP contribution in [0.5, 0.6) is 0 Å². The molecule has 1 aliphatic rings. The average Bonchev–Trinajstić information content (AvgIpc) is 2.06. The molecule has 0 saturated heterocycles. The van der Waals surface area contributed by atoms with Crippen LogP contribution in [0.1, 0.15) is 39.0 Å². The first-order valence-corrected chi connectivity index (χ1v) is 5.22. The number of ether oxygens (including phenoxy) is 1. The number of nitrogens with two attached hydrogens (primary N) is 1. The third kappa shape index (κ3) is 3.96. The summed E-state index contributed by atoms with van der Waals surface area (Å²) in [5, 5.41) is 9.21. The minimum Gasteiger partial charge on any atom is -0.446 e. The van der Waals surface area contributed by atoms with Crippen LogP contribution in [-0.4, -0.2) is 23.4 Å². The first kappa shape index (κ1) is 11.3. The molecule has 0 aromatic carbocycles. The zero-order valence-electron chi connectivity index (χ0n) is 8.61. The van der Waals surface area contributed by atoms with Crippen LogP contribution in [-0.2, 0) is 4.74 Å². The van der Waals surface area contributed by atoms with Crippen LogP contribution in [0.25, 0.3) is 0 Å². The molecule has 82 valence electrons. The molecule has 0 radical (unpaired) electrons. The van der Waals surface area contributed by atoms with Crippen molar-refractivity contribution in [3.05, 3.63) is 0 Å². The van der Waals surface area contributed by atoms with Crippen molar-refractivity contribution in [2.24, 2.45) is 11.7 Å². The standard InChI is InChI=1S/C10H19NO3/c1-7(12)6-8-2-4-9(5-3-8)14-10(11)13/h7-9,12H,2-6H2,1H3,(H2,11,13)/t7?,8-,9-. The highest BCUT2D eigenvalue weighted by molar-refractivity contribution is 5.64. The van der Waals surface area contributed by atoms with Crippen LogP contribution >= 0.6 is 0 Å². The van der Waals surface area contributed by atoms with Crippen molar-refractivity contribution in [2.45, 2.75) is 51.2 Å². The Kier molecular flexibility index (Phi) is 4.20. The monoisotopic (exact) mass is 201 g/mol. The second-order valence-electron chi connectivity index (χ2n) is 4.16. The molecule has 0 bridgehead atoms. The molecule has 1 rings (SSSR count). The Morgan fingerprint density at radius 1 is 1.50 bits per heavy atom. The molecule has 0 aromatic rings. The number of rotatable bonds is 3. The van der Waals surface area contributed by atoms with Crippen LogP contribution in [0.4, 0.5) is 4.79 Å². The van der Waals surface area contributed by atoms with Gasteiger partial charge in [0.1, 0.15) is 6.10 Å². The van der Waals surface area contributed by atoms with Crippen LogP contribution in [0.3, 0.4) is 0 Å². The van der Waals surface area contributed by atoms with Gasteiger partial charge in [0.2, 0.25) is 0 Å². The molecule has 0 aromatic heterocycles. The Hall–Kier alpha value is -0.770. The van der Waals surface area contributed by atoms with Crippen LogP contribution in [0.15, 0.2) is 0 Å². The van der Waals surface area contributed by atoms with Crippen LogP contribution < -0.4 is 5.73 Å². The van der Waals surface area contributed by atoms with Gasteiger partial charge in [0.15, 0.2) is 0 Å². The van der Waals surface area contributed by atoms with Gasteiger partial charge in [-0.15, -0.1) is 0 Å². The SMILES string of the molecule is CC(O)C[C@H]1CC[C@H](OC(N)=O)CC1. The molecule has 0 aliphatic heterocycles. The summed E-state index contributed by atoms with van der Waals surface area (Å²) in [5.74, 6) is 0.572. The summed E-state index contributed by atoms with van der Waals surface area (Å²) >= 11 is 0. The Morgan fingerprint density at radius 3 is 2.50 bits per heavy atom. The quantitative estimate of drug-likeness (QED) is 0.725. The van der Waals surface area contributed by atoms with E-state index in [4.69, 9.17) is 10.5 Å². The van der Waals surface area contributed by atoms with Crippen molar-refractivity contribution in [3.63, 3.8) is 0 Å². The fourth-order valence-electron chi connectivity index (χ4n) is 2.13. The molecule has 3 N–H and O–H groups in total. The number of aliphatic hydroxyl groups is 1. The van der Waals surface area contributed by atoms with Crippen molar-refractivity contribution < 1.29 is 14.6 Å². The lowest BCUT2D eigenvalue weighted by molar-refractivity contribution is 0.0602. The van der Waals surface area contributed by atoms with E-state index >= 15 is 0 Å². The number of carbonyl (C=O) groups is 1. The van der Waals surface area contributed by atoms with Crippen molar-refractivity contribution in [1.29, 1.82) is 0 Å². The number of carbonyl (C=O) groups excluding carboxylic acids is 1. The van der Waals surface area contributed by atoms with E-state index in [0.29, 0.717) is 5.92 Å². The highest BCUT2D eigenvalue weighted by Gasteiger charge is 2.23. The van der Waals surface area contributed by atoms with Crippen molar-refractivity contribution in [3.8, 4) is 0 Å². The van der Waals surface area contributed by atoms with Crippen molar-refractivity contribution >= 4 is 6.09 Å². The van der Waals surface area contributed by atoms with Crippen molar-refractivity contribution in [1.82, 2.24) is 0 Å². The highest BCUT2D eigenvalue weighted by Crippen LogP contribution is 2.29. The fourth-order valence-corrected chi connectivity index (χ4v) is 2.13. The third-order valence-corrected chi connectivity index (χ3v) is 2.75. The molecular weight excluding hydrogens is 182 g/mol. The van der Waals surface area contributed by atoms with E-state index in [1.165, 1.54) is 0 Å². The van der Waals surface area contributed by atoms with Gasteiger partial charge in [-0.3, -0.25) is 0 Å². The summed E-state index contributed by atoms with van der Waals surface area (Å²) < 4.78 is 4.92. The van der Waals surface area contributed by atoms with E-state index in [1.54, 1.807) is 0 Å². The third-order valence-electron chi connectivity index (χ3n) is 2.75. The van der Waals surface area contributed by atoms with E-state index in [9.17, 15) is 9.90 Å². The van der Waals surface area contributed by atoms with Gasteiger partial charge in [-0.05, 0) is 44.9 Å². The summed E-state index contributed by atoms with van der Waals surface area (Å²) in [6.45, 7) is 1.81. The summed E-state index contributed by atoms with van der Waals surface area (Å²) in [6, 6.07) is 0. The predicted octanol–water partition coefficient (Wildman–Crippen LogP) is 1.41. The molecule has 14 heavy (non-hydrogen) atoms. The molecule has 1 atom stereocenters. The maximum atomic E-state index is 10.5. The Bertz CT molecular complexity index is 186. The van der Waals surface area contributed by atoms with Gasteiger partial charge < -0.3 is 15.6 Å². The molecule has 1 saturated carbocycles. The fraction of sp³-hybridized carbons (Fsp3) is 0.900. The minimum absolute atomic E-state index is 0.00208. The number of amides is 1. The zero-order valence-corrected chi connectivity index (χ0v) is 8.61. The summed E-state index contributed by atoms with van der Waals surface area (Å²) in [7, 11) is 0. The smallest absolute Gasteiger partial charge is 0.404 e. The van der Waals surface area contributed by atoms with Crippen LogP contribution in [0, 0.1) is 5.92 Å². The summed E-state index contributed by atoms with van der Waals surface area (Å²) in [4.78, 5) is 10.5. The van der Waals surface area contributed by atoms with Gasteiger partial charge in [-0.1, -0.05) is 0 Å². The van der Waals surface area contributed by atoms with Crippen molar-refractivity contribution in [2.75, 3.05) is 0 Å². The first-order chi connectivity index (χ1) is 6.58. The largest absolute Gasteiger partial charge is 0.446 e. The van der Waals surface area contributed by atoms with E-state index in [2.05, 4.69) is 0 Å². The maximum absolute atomic E-state index is 10.5. The average molecular weight is 201 g/mol. The number of hydrogen-bond donors (Lipinski definition) is 2. The molecule has 0 spiro atoms. The molecule has 0 heterocycles. The van der Waals surface area contributed by atoms with Gasteiger partial charge in [-0.2, -0.15) is 0 Å². The summed E-state index contributed by atoms with van der Waals surface area (Å²) in [5.41, 5.74) is 4.94. The van der Waals surface area contributed by atoms with Crippen LogP contribution in [0.2, 0.25) is 0 Å². The molecule has 1 unspecified atom stereocenters.